The van der Waals surface area contributed by atoms with Gasteiger partial charge in [0.2, 0.25) is 5.91 Å². The molecule has 0 saturated carbocycles. The lowest BCUT2D eigenvalue weighted by Gasteiger charge is -1.98. The average Bonchev–Trinajstić information content (AvgIpc) is 3.33. The summed E-state index contributed by atoms with van der Waals surface area (Å²) < 4.78 is 11.1. The number of hydrogen-bond acceptors (Lipinski definition) is 5. The number of benzene rings is 2. The predicted octanol–water partition coefficient (Wildman–Crippen LogP) is 5.87. The Balaban J connectivity index is 1.48. The van der Waals surface area contributed by atoms with Gasteiger partial charge in [-0.3, -0.25) is 10.1 Å². The lowest BCUT2D eigenvalue weighted by molar-refractivity contribution is -0.111. The normalized spacial score (nSPS) is 11.2. The number of hydrogen-bond donors (Lipinski definition) is 1. The monoisotopic (exact) mass is 410 g/mol. The maximum Gasteiger partial charge on any atom is 0.250 e. The molecule has 5 nitrogen and oxygen atoms in total. The lowest BCUT2D eigenvalue weighted by Crippen LogP contribution is -2.07. The third-order valence-corrected chi connectivity index (χ3v) is 5.13. The minimum Gasteiger partial charge on any atom is -0.497 e. The third kappa shape index (κ3) is 3.93. The number of thiazole rings is 1. The zero-order valence-electron chi connectivity index (χ0n) is 14.8. The number of rotatable bonds is 5. The topological polar surface area (TPSA) is 64.4 Å². The Morgan fingerprint density at radius 3 is 2.93 bits per heavy atom. The first-order valence-corrected chi connectivity index (χ1v) is 9.65. The SMILES string of the molecule is COc1ccc2oc(-c3csc(NC(=O)/C=C/c4ccccc4Cl)n3)cc2c1. The second-order valence-electron chi connectivity index (χ2n) is 5.90. The van der Waals surface area contributed by atoms with Crippen LogP contribution in [0.25, 0.3) is 28.5 Å². The largest absolute Gasteiger partial charge is 0.497 e. The van der Waals surface area contributed by atoms with Gasteiger partial charge in [-0.1, -0.05) is 29.8 Å². The molecular weight excluding hydrogens is 396 g/mol. The van der Waals surface area contributed by atoms with Crippen molar-refractivity contribution in [3.05, 3.63) is 70.6 Å². The summed E-state index contributed by atoms with van der Waals surface area (Å²) in [5, 5.41) is 6.59. The van der Waals surface area contributed by atoms with Gasteiger partial charge in [-0.05, 0) is 42.0 Å². The van der Waals surface area contributed by atoms with Crippen LogP contribution in [-0.2, 0) is 4.79 Å². The molecule has 4 aromatic rings. The minimum atomic E-state index is -0.282. The van der Waals surface area contributed by atoms with Gasteiger partial charge in [-0.2, -0.15) is 0 Å². The van der Waals surface area contributed by atoms with E-state index in [0.717, 1.165) is 22.3 Å². The summed E-state index contributed by atoms with van der Waals surface area (Å²) in [5.74, 6) is 1.11. The van der Waals surface area contributed by atoms with Crippen molar-refractivity contribution in [2.75, 3.05) is 12.4 Å². The fourth-order valence-corrected chi connectivity index (χ4v) is 3.54. The molecule has 0 spiro atoms. The van der Waals surface area contributed by atoms with Gasteiger partial charge in [0.25, 0.3) is 0 Å². The standard InChI is InChI=1S/C21H15ClN2O3S/c1-26-15-7-8-18-14(10-15)11-19(27-18)17-12-28-21(23-17)24-20(25)9-6-13-4-2-3-5-16(13)22/h2-12H,1H3,(H,23,24,25)/b9-6+. The lowest BCUT2D eigenvalue weighted by atomic mass is 10.2. The van der Waals surface area contributed by atoms with Crippen molar-refractivity contribution in [2.24, 2.45) is 0 Å². The molecule has 140 valence electrons. The van der Waals surface area contributed by atoms with Gasteiger partial charge in [0.15, 0.2) is 10.9 Å². The Morgan fingerprint density at radius 1 is 1.25 bits per heavy atom. The van der Waals surface area contributed by atoms with Crippen molar-refractivity contribution in [3.63, 3.8) is 0 Å². The van der Waals surface area contributed by atoms with Crippen LogP contribution in [0.4, 0.5) is 5.13 Å². The van der Waals surface area contributed by atoms with Crippen LogP contribution in [-0.4, -0.2) is 18.0 Å². The Labute approximate surface area is 170 Å². The van der Waals surface area contributed by atoms with Gasteiger partial charge in [0.05, 0.1) is 7.11 Å². The van der Waals surface area contributed by atoms with Gasteiger partial charge in [0, 0.05) is 21.9 Å². The van der Waals surface area contributed by atoms with E-state index in [0.29, 0.717) is 21.6 Å². The third-order valence-electron chi connectivity index (χ3n) is 4.03. The molecule has 1 amide bonds. The number of aromatic nitrogens is 1. The highest BCUT2D eigenvalue weighted by Crippen LogP contribution is 2.32. The highest BCUT2D eigenvalue weighted by Gasteiger charge is 2.12. The van der Waals surface area contributed by atoms with E-state index in [1.807, 2.05) is 47.8 Å². The first kappa shape index (κ1) is 18.3. The molecule has 2 aromatic heterocycles. The van der Waals surface area contributed by atoms with Crippen LogP contribution in [0.5, 0.6) is 5.75 Å². The molecule has 0 atom stereocenters. The second-order valence-corrected chi connectivity index (χ2v) is 7.16. The maximum atomic E-state index is 12.1. The number of fused-ring (bicyclic) bond motifs is 1. The second kappa shape index (κ2) is 7.88. The number of furan rings is 1. The molecule has 0 fully saturated rings. The number of anilines is 1. The van der Waals surface area contributed by atoms with Gasteiger partial charge < -0.3 is 9.15 Å². The average molecular weight is 411 g/mol. The molecule has 28 heavy (non-hydrogen) atoms. The van der Waals surface area contributed by atoms with Crippen molar-refractivity contribution in [3.8, 4) is 17.2 Å². The van der Waals surface area contributed by atoms with Crippen molar-refractivity contribution < 1.29 is 13.9 Å². The van der Waals surface area contributed by atoms with Crippen LogP contribution in [0.3, 0.4) is 0 Å². The molecule has 7 heteroatoms. The molecule has 0 aliphatic rings. The van der Waals surface area contributed by atoms with E-state index >= 15 is 0 Å². The van der Waals surface area contributed by atoms with Crippen LogP contribution in [0.2, 0.25) is 5.02 Å². The highest BCUT2D eigenvalue weighted by molar-refractivity contribution is 7.14. The molecule has 1 N–H and O–H groups in total. The first-order valence-electron chi connectivity index (χ1n) is 8.39. The molecule has 4 rings (SSSR count). The zero-order valence-corrected chi connectivity index (χ0v) is 16.4. The fourth-order valence-electron chi connectivity index (χ4n) is 2.64. The number of nitrogens with one attached hydrogen (secondary N) is 1. The molecule has 0 unspecified atom stereocenters. The van der Waals surface area contributed by atoms with E-state index in [4.69, 9.17) is 20.8 Å². The zero-order chi connectivity index (χ0) is 19.5. The van der Waals surface area contributed by atoms with E-state index < -0.39 is 0 Å². The van der Waals surface area contributed by atoms with Gasteiger partial charge >= 0.3 is 0 Å². The van der Waals surface area contributed by atoms with E-state index in [1.54, 1.807) is 19.3 Å². The van der Waals surface area contributed by atoms with Gasteiger partial charge in [-0.15, -0.1) is 11.3 Å². The van der Waals surface area contributed by atoms with Crippen LogP contribution < -0.4 is 10.1 Å². The number of methoxy groups -OCH3 is 1. The molecule has 0 radical (unpaired) electrons. The Bertz CT molecular complexity index is 1180. The summed E-state index contributed by atoms with van der Waals surface area (Å²) in [6.07, 6.45) is 3.09. The molecule has 0 bridgehead atoms. The number of amides is 1. The van der Waals surface area contributed by atoms with Crippen molar-refractivity contribution >= 4 is 51.0 Å². The van der Waals surface area contributed by atoms with Crippen molar-refractivity contribution in [2.45, 2.75) is 0 Å². The summed E-state index contributed by atoms with van der Waals surface area (Å²) >= 11 is 7.41. The van der Waals surface area contributed by atoms with Crippen LogP contribution in [0.1, 0.15) is 5.56 Å². The smallest absolute Gasteiger partial charge is 0.250 e. The molecular formula is C21H15ClN2O3S. The van der Waals surface area contributed by atoms with Crippen molar-refractivity contribution in [1.82, 2.24) is 4.98 Å². The fraction of sp³-hybridized carbons (Fsp3) is 0.0476. The van der Waals surface area contributed by atoms with Crippen LogP contribution in [0.15, 0.2) is 64.4 Å². The Hall–Kier alpha value is -3.09. The number of ether oxygens (including phenoxy) is 1. The number of carbonyl (C=O) groups is 1. The summed E-state index contributed by atoms with van der Waals surface area (Å²) in [6.45, 7) is 0. The first-order chi connectivity index (χ1) is 13.6. The van der Waals surface area contributed by atoms with Crippen LogP contribution in [0, 0.1) is 0 Å². The summed E-state index contributed by atoms with van der Waals surface area (Å²) in [5.41, 5.74) is 2.18. The van der Waals surface area contributed by atoms with E-state index in [2.05, 4.69) is 10.3 Å². The van der Waals surface area contributed by atoms with E-state index in [9.17, 15) is 4.79 Å². The van der Waals surface area contributed by atoms with Crippen molar-refractivity contribution in [1.29, 1.82) is 0 Å². The molecule has 0 aliphatic heterocycles. The maximum absolute atomic E-state index is 12.1. The van der Waals surface area contributed by atoms with Crippen LogP contribution >= 0.6 is 22.9 Å². The van der Waals surface area contributed by atoms with E-state index in [-0.39, 0.29) is 5.91 Å². The number of carbonyl (C=O) groups excluding carboxylic acids is 1. The van der Waals surface area contributed by atoms with Gasteiger partial charge in [0.1, 0.15) is 17.0 Å². The molecule has 2 aromatic carbocycles. The van der Waals surface area contributed by atoms with E-state index in [1.165, 1.54) is 17.4 Å². The molecule has 2 heterocycles. The summed E-state index contributed by atoms with van der Waals surface area (Å²) in [4.78, 5) is 16.6. The summed E-state index contributed by atoms with van der Waals surface area (Å²) in [6, 6.07) is 14.8. The number of nitrogens with zero attached hydrogens (tertiary/aromatic N) is 1. The quantitative estimate of drug-likeness (QED) is 0.418. The predicted molar refractivity (Wildman–Crippen MR) is 113 cm³/mol. The Kier molecular flexibility index (Phi) is 5.14. The Morgan fingerprint density at radius 2 is 2.11 bits per heavy atom. The molecule has 0 aliphatic carbocycles. The summed E-state index contributed by atoms with van der Waals surface area (Å²) in [7, 11) is 1.62. The van der Waals surface area contributed by atoms with Gasteiger partial charge in [-0.25, -0.2) is 4.98 Å². The number of halogens is 1. The molecule has 0 saturated heterocycles. The highest BCUT2D eigenvalue weighted by atomic mass is 35.5. The minimum absolute atomic E-state index is 0.282.